The molecule has 7 heteroatoms. The van der Waals surface area contributed by atoms with E-state index in [1.807, 2.05) is 0 Å². The largest absolute Gasteiger partial charge is 1.00 e. The first kappa shape index (κ1) is 31.6. The molecule has 5 nitrogen and oxygen atoms in total. The van der Waals surface area contributed by atoms with E-state index in [1.165, 1.54) is 64.2 Å². The van der Waals surface area contributed by atoms with Crippen LogP contribution in [0.1, 0.15) is 99.7 Å². The molecule has 0 aliphatic carbocycles. The number of aliphatic carboxylic acids is 1. The smallest absolute Gasteiger partial charge is 1.00 e. The van der Waals surface area contributed by atoms with Crippen LogP contribution in [-0.2, 0) is 14.3 Å². The van der Waals surface area contributed by atoms with Crippen molar-refractivity contribution >= 4 is 11.9 Å². The number of esters is 1. The molecule has 0 saturated carbocycles. The molecule has 0 aromatic rings. The summed E-state index contributed by atoms with van der Waals surface area (Å²) in [6.07, 6.45) is 15.5. The van der Waals surface area contributed by atoms with Crippen LogP contribution in [0.5, 0.6) is 0 Å². The fourth-order valence-corrected chi connectivity index (χ4v) is 2.60. The van der Waals surface area contributed by atoms with Gasteiger partial charge in [-0.2, -0.15) is 0 Å². The van der Waals surface area contributed by atoms with Gasteiger partial charge in [0.1, 0.15) is 6.04 Å². The zero-order valence-electron chi connectivity index (χ0n) is 19.4. The Morgan fingerprint density at radius 1 is 0.885 bits per heavy atom. The Morgan fingerprint density at radius 2 is 1.31 bits per heavy atom. The predicted octanol–water partition coefficient (Wildman–Crippen LogP) is -1.34. The molecule has 0 aromatic carbocycles. The van der Waals surface area contributed by atoms with Crippen molar-refractivity contribution in [2.45, 2.75) is 103 Å². The number of hydrogen-bond donors (Lipinski definition) is 2. The van der Waals surface area contributed by atoms with Gasteiger partial charge in [0.2, 0.25) is 0 Å². The van der Waals surface area contributed by atoms with Crippen molar-refractivity contribution < 1.29 is 81.4 Å². The van der Waals surface area contributed by atoms with Crippen molar-refractivity contribution in [1.82, 2.24) is 0 Å². The van der Waals surface area contributed by atoms with Crippen molar-refractivity contribution in [2.75, 3.05) is 6.61 Å². The second-order valence-corrected chi connectivity index (χ2v) is 6.59. The number of hydrogen-bond acceptors (Lipinski definition) is 4. The van der Waals surface area contributed by atoms with Crippen LogP contribution in [-0.4, -0.2) is 29.7 Å². The average molecular weight is 392 g/mol. The Labute approximate surface area is 207 Å². The number of carboxylic acid groups (broad SMARTS) is 1. The van der Waals surface area contributed by atoms with Crippen LogP contribution in [0.2, 0.25) is 0 Å². The molecular weight excluding hydrogens is 352 g/mol. The summed E-state index contributed by atoms with van der Waals surface area (Å²) in [5.74, 6) is -1.43. The average Bonchev–Trinajstić information content (AvgIpc) is 2.56. The van der Waals surface area contributed by atoms with Gasteiger partial charge in [0, 0.05) is 6.42 Å². The molecule has 0 fully saturated rings. The van der Waals surface area contributed by atoms with Gasteiger partial charge < -0.3 is 18.4 Å². The minimum atomic E-state index is -1.08. The quantitative estimate of drug-likeness (QED) is 0.182. The Balaban J connectivity index is -0.000000441. The number of nitrogens with two attached hydrogens (primary N) is 1. The first-order valence-electron chi connectivity index (χ1n) is 9.72. The third-order valence-electron chi connectivity index (χ3n) is 4.24. The van der Waals surface area contributed by atoms with Crippen molar-refractivity contribution in [3.05, 3.63) is 0 Å². The molecule has 0 unspecified atom stereocenters. The fraction of sp³-hybridized carbons (Fsp3) is 0.895. The van der Waals surface area contributed by atoms with Crippen LogP contribution in [0, 0.1) is 0 Å². The number of unbranched alkanes of at least 4 members (excludes halogenated alkanes) is 11. The molecule has 0 saturated heterocycles. The summed E-state index contributed by atoms with van der Waals surface area (Å²) < 4.78 is 5.08. The molecule has 0 radical (unpaired) electrons. The van der Waals surface area contributed by atoms with Crippen molar-refractivity contribution in [1.29, 1.82) is 0 Å². The van der Waals surface area contributed by atoms with E-state index in [1.54, 1.807) is 0 Å². The number of carboxylic acids is 1. The maximum atomic E-state index is 11.4. The number of ether oxygens (including phenoxy) is 1. The zero-order chi connectivity index (χ0) is 18.0. The van der Waals surface area contributed by atoms with Crippen molar-refractivity contribution in [3.63, 3.8) is 0 Å². The van der Waals surface area contributed by atoms with Crippen molar-refractivity contribution in [3.8, 4) is 0 Å². The first-order chi connectivity index (χ1) is 11.6. The van der Waals surface area contributed by atoms with Crippen LogP contribution in [0.15, 0.2) is 0 Å². The van der Waals surface area contributed by atoms with E-state index < -0.39 is 12.0 Å². The minimum absolute atomic E-state index is 0. The third kappa shape index (κ3) is 22.9. The maximum absolute atomic E-state index is 11.4. The van der Waals surface area contributed by atoms with Crippen LogP contribution < -0.4 is 64.8 Å². The molecule has 146 valence electrons. The third-order valence-corrected chi connectivity index (χ3v) is 4.24. The fourth-order valence-electron chi connectivity index (χ4n) is 2.60. The monoisotopic (exact) mass is 391 g/mol. The van der Waals surface area contributed by atoms with E-state index >= 15 is 0 Å². The molecule has 26 heavy (non-hydrogen) atoms. The molecule has 0 bridgehead atoms. The molecule has 1 atom stereocenters. The van der Waals surface area contributed by atoms with Crippen molar-refractivity contribution in [2.24, 2.45) is 5.73 Å². The van der Waals surface area contributed by atoms with Gasteiger partial charge in [-0.15, -0.1) is 0 Å². The van der Waals surface area contributed by atoms with Crippen LogP contribution in [0.3, 0.4) is 0 Å². The molecule has 0 heterocycles. The summed E-state index contributed by atoms with van der Waals surface area (Å²) in [4.78, 5) is 21.9. The van der Waals surface area contributed by atoms with Crippen LogP contribution >= 0.6 is 0 Å². The first-order valence-corrected chi connectivity index (χ1v) is 9.72. The Morgan fingerprint density at radius 3 is 1.73 bits per heavy atom. The standard InChI is InChI=1S/C19H37NO4.2Na.2H/c1-2-3-4-5-6-7-8-9-10-11-12-13-16-24-18(21)15-14-17(20)19(22)23;;;;/h17H,2-16,20H2,1H3,(H,22,23);;;;/q;2*+1;2*-1/t17-;;;;/m0..../s1. The summed E-state index contributed by atoms with van der Waals surface area (Å²) in [5, 5.41) is 8.62. The van der Waals surface area contributed by atoms with E-state index in [-0.39, 0.29) is 80.8 Å². The molecule has 0 rings (SSSR count). The molecule has 0 amide bonds. The second-order valence-electron chi connectivity index (χ2n) is 6.59. The maximum Gasteiger partial charge on any atom is 1.00 e. The molecule has 0 aromatic heterocycles. The van der Waals surface area contributed by atoms with Gasteiger partial charge in [0.25, 0.3) is 0 Å². The summed E-state index contributed by atoms with van der Waals surface area (Å²) >= 11 is 0. The Bertz CT molecular complexity index is 341. The van der Waals surface area contributed by atoms with E-state index in [9.17, 15) is 9.59 Å². The summed E-state index contributed by atoms with van der Waals surface area (Å²) in [6, 6.07) is -0.982. The van der Waals surface area contributed by atoms with Gasteiger partial charge >= 0.3 is 71.1 Å². The Hall–Kier alpha value is 0.900. The van der Waals surface area contributed by atoms with E-state index in [4.69, 9.17) is 15.6 Å². The van der Waals surface area contributed by atoms with E-state index in [2.05, 4.69) is 6.92 Å². The number of carbonyl (C=O) groups excluding carboxylic acids is 1. The van der Waals surface area contributed by atoms with Gasteiger partial charge in [-0.1, -0.05) is 77.6 Å². The molecule has 0 aliphatic rings. The van der Waals surface area contributed by atoms with Crippen LogP contribution in [0.4, 0.5) is 0 Å². The Kier molecular flexibility index (Phi) is 29.1. The van der Waals surface area contributed by atoms with Crippen LogP contribution in [0.25, 0.3) is 0 Å². The topological polar surface area (TPSA) is 89.6 Å². The number of rotatable bonds is 17. The minimum Gasteiger partial charge on any atom is -1.00 e. The normalized spacial score (nSPS) is 11.2. The van der Waals surface area contributed by atoms with Gasteiger partial charge in [-0.3, -0.25) is 9.59 Å². The summed E-state index contributed by atoms with van der Waals surface area (Å²) in [5.41, 5.74) is 5.33. The summed E-state index contributed by atoms with van der Waals surface area (Å²) in [7, 11) is 0. The van der Waals surface area contributed by atoms with Gasteiger partial charge in [0.05, 0.1) is 6.61 Å². The molecule has 3 N–H and O–H groups in total. The number of carbonyl (C=O) groups is 2. The molecular formula is C19H39NNa2O4. The second kappa shape index (κ2) is 23.9. The van der Waals surface area contributed by atoms with Gasteiger partial charge in [0.15, 0.2) is 0 Å². The van der Waals surface area contributed by atoms with E-state index in [0.29, 0.717) is 6.61 Å². The summed E-state index contributed by atoms with van der Waals surface area (Å²) in [6.45, 7) is 2.68. The SMILES string of the molecule is CCCCCCCCCCCCCCOC(=O)CC[C@H](N)C(=O)O.[H-].[H-].[Na+].[Na+]. The molecule has 0 aliphatic heterocycles. The van der Waals surface area contributed by atoms with E-state index in [0.717, 1.165) is 12.8 Å². The van der Waals surface area contributed by atoms with Gasteiger partial charge in [-0.25, -0.2) is 0 Å². The predicted molar refractivity (Wildman–Crippen MR) is 99.1 cm³/mol. The zero-order valence-corrected chi connectivity index (χ0v) is 21.4. The van der Waals surface area contributed by atoms with Gasteiger partial charge in [-0.05, 0) is 12.8 Å². The molecule has 0 spiro atoms.